The van der Waals surface area contributed by atoms with E-state index >= 15 is 0 Å². The first kappa shape index (κ1) is 17.9. The van der Waals surface area contributed by atoms with Crippen molar-refractivity contribution in [3.05, 3.63) is 34.9 Å². The number of nitrogens with two attached hydrogens (primary N) is 1. The Kier molecular flexibility index (Phi) is 7.71. The topological polar surface area (TPSA) is 89.6 Å². The molecule has 0 aliphatic carbocycles. The summed E-state index contributed by atoms with van der Waals surface area (Å²) in [5.41, 5.74) is 6.43. The van der Waals surface area contributed by atoms with Gasteiger partial charge in [0.05, 0.1) is 0 Å². The second-order valence-electron chi connectivity index (χ2n) is 4.54. The van der Waals surface area contributed by atoms with Crippen LogP contribution in [0.1, 0.15) is 24.8 Å². The van der Waals surface area contributed by atoms with Crippen molar-refractivity contribution in [2.45, 2.75) is 36.7 Å². The number of aliphatic carboxylic acids is 1. The molecule has 0 aliphatic heterocycles. The lowest BCUT2D eigenvalue weighted by Gasteiger charge is -2.12. The zero-order chi connectivity index (χ0) is 15.8. The van der Waals surface area contributed by atoms with Crippen LogP contribution in [-0.2, 0) is 20.9 Å². The molecule has 0 aliphatic rings. The Hall–Kier alpha value is -1.11. The van der Waals surface area contributed by atoms with Crippen molar-refractivity contribution < 1.29 is 19.4 Å². The van der Waals surface area contributed by atoms with Crippen molar-refractivity contribution in [2.24, 2.45) is 5.73 Å². The number of alkyl halides is 1. The lowest BCUT2D eigenvalue weighted by molar-refractivity contribution is -0.146. The molecule has 1 aromatic rings. The van der Waals surface area contributed by atoms with Crippen molar-refractivity contribution in [3.63, 3.8) is 0 Å². The number of ether oxygens (including phenoxy) is 1. The highest BCUT2D eigenvalue weighted by Crippen LogP contribution is 2.16. The van der Waals surface area contributed by atoms with Crippen LogP contribution in [-0.4, -0.2) is 27.9 Å². The molecule has 0 aromatic heterocycles. The van der Waals surface area contributed by atoms with Gasteiger partial charge in [0.15, 0.2) is 0 Å². The number of halogens is 2. The highest BCUT2D eigenvalue weighted by molar-refractivity contribution is 9.10. The van der Waals surface area contributed by atoms with Gasteiger partial charge in [0.1, 0.15) is 17.5 Å². The normalized spacial score (nSPS) is 13.5. The van der Waals surface area contributed by atoms with Crippen molar-refractivity contribution in [1.29, 1.82) is 0 Å². The minimum atomic E-state index is -0.926. The summed E-state index contributed by atoms with van der Waals surface area (Å²) in [5, 5.41) is 9.24. The van der Waals surface area contributed by atoms with E-state index in [0.717, 1.165) is 0 Å². The number of carbonyl (C=O) groups excluding carboxylic acids is 1. The van der Waals surface area contributed by atoms with E-state index < -0.39 is 22.8 Å². The number of hydrogen-bond acceptors (Lipinski definition) is 4. The van der Waals surface area contributed by atoms with Gasteiger partial charge in [-0.1, -0.05) is 45.7 Å². The first-order valence-electron chi connectivity index (χ1n) is 6.44. The highest BCUT2D eigenvalue weighted by atomic mass is 79.9. The molecule has 5 nitrogen and oxygen atoms in total. The van der Waals surface area contributed by atoms with Gasteiger partial charge in [0, 0.05) is 10.6 Å². The van der Waals surface area contributed by atoms with Crippen LogP contribution in [0.4, 0.5) is 0 Å². The summed E-state index contributed by atoms with van der Waals surface area (Å²) in [5.74, 6) is -1.44. The van der Waals surface area contributed by atoms with Gasteiger partial charge in [-0.05, 0) is 25.3 Å². The predicted molar refractivity (Wildman–Crippen MR) is 83.4 cm³/mol. The van der Waals surface area contributed by atoms with Gasteiger partial charge in [0.2, 0.25) is 0 Å². The molecule has 1 aromatic carbocycles. The molecule has 0 radical (unpaired) electrons. The molecular weight excluding hydrogens is 362 g/mol. The number of hydrogen-bond donors (Lipinski definition) is 2. The van der Waals surface area contributed by atoms with E-state index in [0.29, 0.717) is 29.8 Å². The van der Waals surface area contributed by atoms with Crippen molar-refractivity contribution in [1.82, 2.24) is 0 Å². The summed E-state index contributed by atoms with van der Waals surface area (Å²) in [7, 11) is 0. The quantitative estimate of drug-likeness (QED) is 0.536. The van der Waals surface area contributed by atoms with Crippen LogP contribution in [0.5, 0.6) is 0 Å². The van der Waals surface area contributed by atoms with Crippen LogP contribution in [0.3, 0.4) is 0 Å². The Labute approximate surface area is 136 Å². The van der Waals surface area contributed by atoms with E-state index in [-0.39, 0.29) is 6.61 Å². The van der Waals surface area contributed by atoms with Gasteiger partial charge in [0.25, 0.3) is 0 Å². The van der Waals surface area contributed by atoms with E-state index in [2.05, 4.69) is 15.9 Å². The number of carboxylic acids is 1. The van der Waals surface area contributed by atoms with Crippen LogP contribution >= 0.6 is 27.5 Å². The standard InChI is InChI=1S/C14H17BrClNO4/c15-10(13(18)19)5-3-7-12(17)14(20)21-8-9-4-1-2-6-11(9)16/h1-2,4,6,10,12H,3,5,7-8,17H2,(H,18,19). The fraction of sp³-hybridized carbons (Fsp3) is 0.429. The van der Waals surface area contributed by atoms with Gasteiger partial charge in [-0.25, -0.2) is 0 Å². The molecule has 0 spiro atoms. The Morgan fingerprint density at radius 3 is 2.62 bits per heavy atom. The molecule has 0 saturated heterocycles. The molecule has 2 atom stereocenters. The lowest BCUT2D eigenvalue weighted by Crippen LogP contribution is -2.32. The van der Waals surface area contributed by atoms with Gasteiger partial charge in [-0.3, -0.25) is 9.59 Å². The Bertz CT molecular complexity index is 498. The molecule has 2 unspecified atom stereocenters. The summed E-state index contributed by atoms with van der Waals surface area (Å²) in [4.78, 5) is 21.7. The zero-order valence-corrected chi connectivity index (χ0v) is 13.6. The van der Waals surface area contributed by atoms with Crippen LogP contribution in [0, 0.1) is 0 Å². The number of esters is 1. The van der Waals surface area contributed by atoms with Crippen molar-refractivity contribution in [2.75, 3.05) is 0 Å². The third kappa shape index (κ3) is 6.46. The van der Waals surface area contributed by atoms with Crippen LogP contribution < -0.4 is 5.73 Å². The Morgan fingerprint density at radius 2 is 2.00 bits per heavy atom. The Balaban J connectivity index is 2.31. The summed E-state index contributed by atoms with van der Waals surface area (Å²) in [6, 6.07) is 6.31. The molecule has 0 bridgehead atoms. The first-order chi connectivity index (χ1) is 9.91. The molecule has 0 heterocycles. The number of carboxylic acid groups (broad SMARTS) is 1. The monoisotopic (exact) mass is 377 g/mol. The smallest absolute Gasteiger partial charge is 0.323 e. The summed E-state index contributed by atoms with van der Waals surface area (Å²) in [6.45, 7) is 0.0718. The molecule has 0 fully saturated rings. The maximum atomic E-state index is 11.7. The first-order valence-corrected chi connectivity index (χ1v) is 7.73. The summed E-state index contributed by atoms with van der Waals surface area (Å²) < 4.78 is 5.10. The van der Waals surface area contributed by atoms with Gasteiger partial charge >= 0.3 is 11.9 Å². The molecule has 7 heteroatoms. The fourth-order valence-corrected chi connectivity index (χ4v) is 2.14. The second-order valence-corrected chi connectivity index (χ2v) is 6.05. The molecule has 0 saturated carbocycles. The van der Waals surface area contributed by atoms with E-state index in [4.69, 9.17) is 27.2 Å². The summed E-state index contributed by atoms with van der Waals surface area (Å²) in [6.07, 6.45) is 1.29. The third-order valence-electron chi connectivity index (χ3n) is 2.87. The summed E-state index contributed by atoms with van der Waals surface area (Å²) >= 11 is 8.98. The van der Waals surface area contributed by atoms with Crippen molar-refractivity contribution in [3.8, 4) is 0 Å². The average molecular weight is 379 g/mol. The predicted octanol–water partition coefficient (Wildman–Crippen LogP) is 2.73. The third-order valence-corrected chi connectivity index (χ3v) is 4.09. The zero-order valence-electron chi connectivity index (χ0n) is 11.3. The van der Waals surface area contributed by atoms with Crippen LogP contribution in [0.2, 0.25) is 5.02 Å². The van der Waals surface area contributed by atoms with Gasteiger partial charge in [-0.2, -0.15) is 0 Å². The average Bonchev–Trinajstić information content (AvgIpc) is 2.45. The molecule has 3 N–H and O–H groups in total. The van der Waals surface area contributed by atoms with E-state index in [1.165, 1.54) is 0 Å². The molecule has 1 rings (SSSR count). The van der Waals surface area contributed by atoms with Crippen molar-refractivity contribution >= 4 is 39.5 Å². The Morgan fingerprint density at radius 1 is 1.33 bits per heavy atom. The van der Waals surface area contributed by atoms with Gasteiger partial charge in [-0.15, -0.1) is 0 Å². The van der Waals surface area contributed by atoms with E-state index in [9.17, 15) is 9.59 Å². The largest absolute Gasteiger partial charge is 0.480 e. The molecular formula is C14H17BrClNO4. The highest BCUT2D eigenvalue weighted by Gasteiger charge is 2.18. The minimum absolute atomic E-state index is 0.0718. The molecule has 0 amide bonds. The maximum Gasteiger partial charge on any atom is 0.323 e. The molecule has 21 heavy (non-hydrogen) atoms. The minimum Gasteiger partial charge on any atom is -0.480 e. The maximum absolute atomic E-state index is 11.7. The number of benzene rings is 1. The van der Waals surface area contributed by atoms with E-state index in [1.54, 1.807) is 24.3 Å². The van der Waals surface area contributed by atoms with Gasteiger partial charge < -0.3 is 15.6 Å². The van der Waals surface area contributed by atoms with Crippen LogP contribution in [0.25, 0.3) is 0 Å². The fourth-order valence-electron chi connectivity index (χ4n) is 1.63. The SMILES string of the molecule is NC(CCCC(Br)C(=O)O)C(=O)OCc1ccccc1Cl. The number of carbonyl (C=O) groups is 2. The van der Waals surface area contributed by atoms with Crippen LogP contribution in [0.15, 0.2) is 24.3 Å². The molecule has 116 valence electrons. The second kappa shape index (κ2) is 9.02. The number of rotatable bonds is 8. The van der Waals surface area contributed by atoms with E-state index in [1.807, 2.05) is 0 Å². The lowest BCUT2D eigenvalue weighted by atomic mass is 10.1.